The van der Waals surface area contributed by atoms with Crippen LogP contribution in [0, 0.1) is 11.8 Å². The number of hydrogen-bond donors (Lipinski definition) is 0. The van der Waals surface area contributed by atoms with Gasteiger partial charge in [0.05, 0.1) is 5.56 Å². The number of carbonyl (C=O) groups excluding carboxylic acids is 1. The van der Waals surface area contributed by atoms with Crippen LogP contribution in [0.2, 0.25) is 0 Å². The molecule has 0 atom stereocenters. The van der Waals surface area contributed by atoms with E-state index >= 15 is 0 Å². The van der Waals surface area contributed by atoms with Crippen LogP contribution in [0.4, 0.5) is 8.78 Å². The minimum atomic E-state index is -0.928. The van der Waals surface area contributed by atoms with E-state index in [0.29, 0.717) is 6.07 Å². The van der Waals surface area contributed by atoms with E-state index in [-0.39, 0.29) is 11.8 Å². The Morgan fingerprint density at radius 3 is 2.70 bits per heavy atom. The minimum absolute atomic E-state index is 0.235. The van der Waals surface area contributed by atoms with Gasteiger partial charge in [-0.05, 0) is 0 Å². The third kappa shape index (κ3) is 1.15. The van der Waals surface area contributed by atoms with Crippen LogP contribution in [0.15, 0.2) is 12.3 Å². The van der Waals surface area contributed by atoms with Gasteiger partial charge in [0, 0.05) is 12.3 Å². The summed E-state index contributed by atoms with van der Waals surface area (Å²) in [5, 5.41) is 0. The highest BCUT2D eigenvalue weighted by Gasteiger charge is 2.01. The Morgan fingerprint density at radius 2 is 2.20 bits per heavy atom. The van der Waals surface area contributed by atoms with E-state index in [4.69, 9.17) is 0 Å². The topological polar surface area (TPSA) is 30.0 Å². The lowest BCUT2D eigenvalue weighted by atomic mass is 10.3. The molecule has 0 aliphatic rings. The Balaban J connectivity index is 3.19. The number of hydrogen-bond acceptors (Lipinski definition) is 2. The summed E-state index contributed by atoms with van der Waals surface area (Å²) in [4.78, 5) is 13.0. The average Bonchev–Trinajstić information content (AvgIpc) is 1.88. The van der Waals surface area contributed by atoms with Crippen LogP contribution in [0.25, 0.3) is 0 Å². The SMILES string of the molecule is O=Cc1cnc(F)cc1F. The zero-order valence-electron chi connectivity index (χ0n) is 4.84. The van der Waals surface area contributed by atoms with Gasteiger partial charge < -0.3 is 0 Å². The van der Waals surface area contributed by atoms with Gasteiger partial charge in [0.1, 0.15) is 5.82 Å². The number of halogens is 2. The Hall–Kier alpha value is -1.32. The fraction of sp³-hybridized carbons (Fsp3) is 0. The molecule has 0 fully saturated rings. The second kappa shape index (κ2) is 2.51. The van der Waals surface area contributed by atoms with Crippen molar-refractivity contribution in [2.24, 2.45) is 0 Å². The second-order valence-electron chi connectivity index (χ2n) is 1.65. The van der Waals surface area contributed by atoms with Gasteiger partial charge in [0.25, 0.3) is 0 Å². The molecule has 0 N–H and O–H groups in total. The van der Waals surface area contributed by atoms with E-state index in [2.05, 4.69) is 4.98 Å². The lowest BCUT2D eigenvalue weighted by Crippen LogP contribution is -1.91. The zero-order valence-corrected chi connectivity index (χ0v) is 4.84. The van der Waals surface area contributed by atoms with Crippen molar-refractivity contribution in [2.45, 2.75) is 0 Å². The van der Waals surface area contributed by atoms with E-state index < -0.39 is 11.8 Å². The number of aromatic nitrogens is 1. The molecule has 52 valence electrons. The number of pyridine rings is 1. The molecule has 1 aromatic rings. The van der Waals surface area contributed by atoms with Crippen LogP contribution < -0.4 is 0 Å². The highest BCUT2D eigenvalue weighted by atomic mass is 19.1. The van der Waals surface area contributed by atoms with Gasteiger partial charge in [-0.3, -0.25) is 4.79 Å². The fourth-order valence-corrected chi connectivity index (χ4v) is 0.505. The monoisotopic (exact) mass is 143 g/mol. The van der Waals surface area contributed by atoms with Crippen LogP contribution in [0.1, 0.15) is 10.4 Å². The predicted octanol–water partition coefficient (Wildman–Crippen LogP) is 1.17. The molecule has 1 aromatic heterocycles. The first-order valence-corrected chi connectivity index (χ1v) is 2.50. The maximum Gasteiger partial charge on any atom is 0.215 e. The predicted molar refractivity (Wildman–Crippen MR) is 29.5 cm³/mol. The molecule has 0 aliphatic heterocycles. The van der Waals surface area contributed by atoms with Gasteiger partial charge in [-0.1, -0.05) is 0 Å². The van der Waals surface area contributed by atoms with Gasteiger partial charge in [0.2, 0.25) is 5.95 Å². The minimum Gasteiger partial charge on any atom is -0.298 e. The summed E-state index contributed by atoms with van der Waals surface area (Å²) in [7, 11) is 0. The smallest absolute Gasteiger partial charge is 0.215 e. The maximum absolute atomic E-state index is 12.3. The van der Waals surface area contributed by atoms with Gasteiger partial charge >= 0.3 is 0 Å². The standard InChI is InChI=1S/C6H3F2NO/c7-5-1-6(8)9-2-4(5)3-10/h1-3H. The largest absolute Gasteiger partial charge is 0.298 e. The van der Waals surface area contributed by atoms with Crippen molar-refractivity contribution in [1.82, 2.24) is 4.98 Å². The Morgan fingerprint density at radius 1 is 1.50 bits per heavy atom. The van der Waals surface area contributed by atoms with Crippen molar-refractivity contribution in [3.05, 3.63) is 29.6 Å². The number of carbonyl (C=O) groups is 1. The first kappa shape index (κ1) is 6.80. The molecule has 2 nitrogen and oxygen atoms in total. The van der Waals surface area contributed by atoms with Crippen molar-refractivity contribution < 1.29 is 13.6 Å². The Bertz CT molecular complexity index is 262. The molecule has 0 aliphatic carbocycles. The number of aldehydes is 1. The van der Waals surface area contributed by atoms with Crippen LogP contribution >= 0.6 is 0 Å². The van der Waals surface area contributed by atoms with Crippen molar-refractivity contribution in [2.75, 3.05) is 0 Å². The molecule has 0 spiro atoms. The van der Waals surface area contributed by atoms with Gasteiger partial charge in [-0.2, -0.15) is 4.39 Å². The van der Waals surface area contributed by atoms with Crippen molar-refractivity contribution in [3.8, 4) is 0 Å². The van der Waals surface area contributed by atoms with E-state index in [9.17, 15) is 13.6 Å². The first-order chi connectivity index (χ1) is 4.74. The summed E-state index contributed by atoms with van der Waals surface area (Å²) in [6, 6.07) is 0.559. The van der Waals surface area contributed by atoms with Crippen LogP contribution in [-0.2, 0) is 0 Å². The summed E-state index contributed by atoms with van der Waals surface area (Å²) in [6.07, 6.45) is 1.12. The van der Waals surface area contributed by atoms with Crippen LogP contribution in [-0.4, -0.2) is 11.3 Å². The second-order valence-corrected chi connectivity index (χ2v) is 1.65. The maximum atomic E-state index is 12.3. The number of rotatable bonds is 1. The van der Waals surface area contributed by atoms with E-state index in [1.54, 1.807) is 0 Å². The van der Waals surface area contributed by atoms with Gasteiger partial charge in [-0.25, -0.2) is 9.37 Å². The zero-order chi connectivity index (χ0) is 7.56. The van der Waals surface area contributed by atoms with Crippen molar-refractivity contribution >= 4 is 6.29 Å². The van der Waals surface area contributed by atoms with Crippen molar-refractivity contribution in [3.63, 3.8) is 0 Å². The molecule has 10 heavy (non-hydrogen) atoms. The van der Waals surface area contributed by atoms with Crippen LogP contribution in [0.5, 0.6) is 0 Å². The molecular formula is C6H3F2NO. The first-order valence-electron chi connectivity index (χ1n) is 2.50. The van der Waals surface area contributed by atoms with Crippen molar-refractivity contribution in [1.29, 1.82) is 0 Å². The van der Waals surface area contributed by atoms with Gasteiger partial charge in [0.15, 0.2) is 6.29 Å². The molecule has 1 rings (SSSR count). The Kier molecular flexibility index (Phi) is 1.71. The lowest BCUT2D eigenvalue weighted by molar-refractivity contribution is 0.111. The Labute approximate surface area is 55.5 Å². The lowest BCUT2D eigenvalue weighted by Gasteiger charge is -1.90. The summed E-state index contributed by atoms with van der Waals surface area (Å²) in [5.74, 6) is -1.81. The molecule has 0 unspecified atom stereocenters. The molecule has 0 bridgehead atoms. The summed E-state index contributed by atoms with van der Waals surface area (Å²) in [5.41, 5.74) is -0.235. The summed E-state index contributed by atoms with van der Waals surface area (Å²) in [6.45, 7) is 0. The highest BCUT2D eigenvalue weighted by molar-refractivity contribution is 5.74. The van der Waals surface area contributed by atoms with E-state index in [1.165, 1.54) is 0 Å². The third-order valence-electron chi connectivity index (χ3n) is 0.976. The molecule has 0 aromatic carbocycles. The highest BCUT2D eigenvalue weighted by Crippen LogP contribution is 2.02. The normalized spacial score (nSPS) is 9.40. The summed E-state index contributed by atoms with van der Waals surface area (Å²) < 4.78 is 24.4. The van der Waals surface area contributed by atoms with E-state index in [0.717, 1.165) is 6.20 Å². The van der Waals surface area contributed by atoms with Crippen LogP contribution in [0.3, 0.4) is 0 Å². The number of nitrogens with zero attached hydrogens (tertiary/aromatic N) is 1. The van der Waals surface area contributed by atoms with E-state index in [1.807, 2.05) is 0 Å². The average molecular weight is 143 g/mol. The fourth-order valence-electron chi connectivity index (χ4n) is 0.505. The molecule has 0 amide bonds. The molecular weight excluding hydrogens is 140 g/mol. The third-order valence-corrected chi connectivity index (χ3v) is 0.976. The molecule has 4 heteroatoms. The molecule has 1 heterocycles. The van der Waals surface area contributed by atoms with Gasteiger partial charge in [-0.15, -0.1) is 0 Å². The quantitative estimate of drug-likeness (QED) is 0.436. The molecule has 0 saturated carbocycles. The molecule has 0 saturated heterocycles. The summed E-state index contributed by atoms with van der Waals surface area (Å²) >= 11 is 0. The molecule has 0 radical (unpaired) electrons.